The number of rotatable bonds is 6. The molecule has 0 bridgehead atoms. The summed E-state index contributed by atoms with van der Waals surface area (Å²) in [6.45, 7) is 7.22. The fraction of sp³-hybridized carbons (Fsp3) is 0.600. The van der Waals surface area contributed by atoms with Crippen molar-refractivity contribution in [2.45, 2.75) is 58.9 Å². The van der Waals surface area contributed by atoms with Gasteiger partial charge >= 0.3 is 0 Å². The summed E-state index contributed by atoms with van der Waals surface area (Å²) in [7, 11) is 0. The Kier molecular flexibility index (Phi) is 6.59. The molecule has 0 saturated carbocycles. The molecule has 1 aliphatic rings. The quantitative estimate of drug-likeness (QED) is 0.829. The van der Waals surface area contributed by atoms with Gasteiger partial charge in [0.25, 0.3) is 5.91 Å². The smallest absolute Gasteiger partial charge is 0.254 e. The summed E-state index contributed by atoms with van der Waals surface area (Å²) in [5.41, 5.74) is 6.67. The van der Waals surface area contributed by atoms with E-state index in [0.717, 1.165) is 19.4 Å². The van der Waals surface area contributed by atoms with Crippen LogP contribution in [0.5, 0.6) is 0 Å². The Morgan fingerprint density at radius 1 is 1.20 bits per heavy atom. The van der Waals surface area contributed by atoms with Gasteiger partial charge in [0.15, 0.2) is 0 Å². The van der Waals surface area contributed by atoms with Gasteiger partial charge in [-0.05, 0) is 63.3 Å². The topological polar surface area (TPSA) is 75.4 Å². The molecule has 2 amide bonds. The van der Waals surface area contributed by atoms with Crippen molar-refractivity contribution in [3.05, 3.63) is 29.8 Å². The number of anilines is 1. The van der Waals surface area contributed by atoms with E-state index < -0.39 is 5.41 Å². The third kappa shape index (κ3) is 4.21. The van der Waals surface area contributed by atoms with Gasteiger partial charge in [0.1, 0.15) is 0 Å². The maximum absolute atomic E-state index is 12.7. The number of amides is 2. The average molecular weight is 345 g/mol. The zero-order chi connectivity index (χ0) is 18.4. The number of nitrogens with zero attached hydrogens (tertiary/aromatic N) is 1. The number of nitrogens with two attached hydrogens (primary N) is 1. The first-order valence-electron chi connectivity index (χ1n) is 9.40. The summed E-state index contributed by atoms with van der Waals surface area (Å²) in [6.07, 6.45) is 4.73. The molecule has 5 heteroatoms. The molecule has 138 valence electrons. The summed E-state index contributed by atoms with van der Waals surface area (Å²) in [6, 6.07) is 7.47. The minimum atomic E-state index is -0.530. The highest BCUT2D eigenvalue weighted by molar-refractivity contribution is 5.97. The number of likely N-dealkylation sites (tertiary alicyclic amines) is 1. The standard InChI is InChI=1S/C20H31N3O2/c1-4-20(5-2,14-21)19(25)22-17-11-9-16(10-12-17)18(24)23-13-7-6-8-15(23)3/h9-12,15H,4-8,13-14,21H2,1-3H3,(H,22,25). The molecule has 0 radical (unpaired) electrons. The van der Waals surface area contributed by atoms with Crippen LogP contribution in [-0.4, -0.2) is 35.8 Å². The fourth-order valence-corrected chi connectivity index (χ4v) is 3.48. The molecule has 1 unspecified atom stereocenters. The Hall–Kier alpha value is -1.88. The number of piperidine rings is 1. The molecule has 2 rings (SSSR count). The van der Waals surface area contributed by atoms with Crippen LogP contribution in [0.15, 0.2) is 24.3 Å². The normalized spacial score (nSPS) is 18.1. The highest BCUT2D eigenvalue weighted by atomic mass is 16.2. The van der Waals surface area contributed by atoms with E-state index in [1.807, 2.05) is 18.7 Å². The molecular formula is C20H31N3O2. The fourth-order valence-electron chi connectivity index (χ4n) is 3.48. The van der Waals surface area contributed by atoms with E-state index in [1.165, 1.54) is 6.42 Å². The molecule has 0 spiro atoms. The summed E-state index contributed by atoms with van der Waals surface area (Å²) in [4.78, 5) is 27.2. The van der Waals surface area contributed by atoms with Gasteiger partial charge in [0, 0.05) is 30.4 Å². The van der Waals surface area contributed by atoms with Gasteiger partial charge < -0.3 is 16.0 Å². The van der Waals surface area contributed by atoms with Crippen LogP contribution >= 0.6 is 0 Å². The van der Waals surface area contributed by atoms with Crippen LogP contribution in [-0.2, 0) is 4.79 Å². The van der Waals surface area contributed by atoms with Crippen LogP contribution in [0.1, 0.15) is 63.2 Å². The van der Waals surface area contributed by atoms with Gasteiger partial charge in [-0.15, -0.1) is 0 Å². The van der Waals surface area contributed by atoms with Crippen molar-refractivity contribution in [3.8, 4) is 0 Å². The minimum absolute atomic E-state index is 0.0521. The van der Waals surface area contributed by atoms with E-state index in [-0.39, 0.29) is 11.8 Å². The van der Waals surface area contributed by atoms with E-state index in [0.29, 0.717) is 36.7 Å². The Labute approximate surface area is 151 Å². The number of carbonyl (C=O) groups is 2. The molecule has 1 atom stereocenters. The minimum Gasteiger partial charge on any atom is -0.336 e. The first-order valence-corrected chi connectivity index (χ1v) is 9.40. The van der Waals surface area contributed by atoms with Crippen molar-refractivity contribution < 1.29 is 9.59 Å². The van der Waals surface area contributed by atoms with Crippen LogP contribution in [0.3, 0.4) is 0 Å². The molecule has 1 aromatic carbocycles. The van der Waals surface area contributed by atoms with Crippen molar-refractivity contribution >= 4 is 17.5 Å². The van der Waals surface area contributed by atoms with E-state index >= 15 is 0 Å². The van der Waals surface area contributed by atoms with Gasteiger partial charge in [0.2, 0.25) is 5.91 Å². The Morgan fingerprint density at radius 3 is 2.36 bits per heavy atom. The van der Waals surface area contributed by atoms with Gasteiger partial charge in [0.05, 0.1) is 5.41 Å². The highest BCUT2D eigenvalue weighted by Crippen LogP contribution is 2.27. The Balaban J connectivity index is 2.07. The molecular weight excluding hydrogens is 314 g/mol. The maximum Gasteiger partial charge on any atom is 0.254 e. The predicted octanol–water partition coefficient (Wildman–Crippen LogP) is 3.40. The van der Waals surface area contributed by atoms with E-state index in [2.05, 4.69) is 12.2 Å². The second kappa shape index (κ2) is 8.48. The third-order valence-corrected chi connectivity index (χ3v) is 5.68. The molecule has 25 heavy (non-hydrogen) atoms. The number of hydrogen-bond donors (Lipinski definition) is 2. The molecule has 1 heterocycles. The Morgan fingerprint density at radius 2 is 1.84 bits per heavy atom. The highest BCUT2D eigenvalue weighted by Gasteiger charge is 2.33. The van der Waals surface area contributed by atoms with Crippen LogP contribution in [0.4, 0.5) is 5.69 Å². The third-order valence-electron chi connectivity index (χ3n) is 5.68. The summed E-state index contributed by atoms with van der Waals surface area (Å²) in [5.74, 6) is 0.0206. The molecule has 1 fully saturated rings. The van der Waals surface area contributed by atoms with Gasteiger partial charge in [-0.25, -0.2) is 0 Å². The summed E-state index contributed by atoms with van der Waals surface area (Å²) in [5, 5.41) is 2.95. The van der Waals surface area contributed by atoms with Crippen LogP contribution in [0.2, 0.25) is 0 Å². The van der Waals surface area contributed by atoms with Crippen LogP contribution in [0, 0.1) is 5.41 Å². The lowest BCUT2D eigenvalue weighted by atomic mass is 9.81. The van der Waals surface area contributed by atoms with Gasteiger partial charge in [-0.2, -0.15) is 0 Å². The van der Waals surface area contributed by atoms with Crippen molar-refractivity contribution in [2.24, 2.45) is 11.1 Å². The van der Waals surface area contributed by atoms with E-state index in [1.54, 1.807) is 24.3 Å². The monoisotopic (exact) mass is 345 g/mol. The van der Waals surface area contributed by atoms with Crippen LogP contribution in [0.25, 0.3) is 0 Å². The second-order valence-electron chi connectivity index (χ2n) is 7.07. The largest absolute Gasteiger partial charge is 0.336 e. The molecule has 0 aromatic heterocycles. The zero-order valence-electron chi connectivity index (χ0n) is 15.7. The molecule has 1 saturated heterocycles. The predicted molar refractivity (Wildman–Crippen MR) is 101 cm³/mol. The molecule has 1 aromatic rings. The lowest BCUT2D eigenvalue weighted by Gasteiger charge is -2.33. The van der Waals surface area contributed by atoms with Crippen molar-refractivity contribution in [1.29, 1.82) is 0 Å². The lowest BCUT2D eigenvalue weighted by Crippen LogP contribution is -2.42. The molecule has 1 aliphatic heterocycles. The average Bonchev–Trinajstić information content (AvgIpc) is 2.64. The van der Waals surface area contributed by atoms with Crippen molar-refractivity contribution in [3.63, 3.8) is 0 Å². The Bertz CT molecular complexity index is 585. The van der Waals surface area contributed by atoms with Crippen molar-refractivity contribution in [1.82, 2.24) is 4.90 Å². The summed E-state index contributed by atoms with van der Waals surface area (Å²) >= 11 is 0. The first kappa shape index (κ1) is 19.4. The lowest BCUT2D eigenvalue weighted by molar-refractivity contribution is -0.125. The number of hydrogen-bond acceptors (Lipinski definition) is 3. The summed E-state index contributed by atoms with van der Waals surface area (Å²) < 4.78 is 0. The molecule has 3 N–H and O–H groups in total. The number of benzene rings is 1. The number of nitrogens with one attached hydrogen (secondary N) is 1. The maximum atomic E-state index is 12.7. The zero-order valence-corrected chi connectivity index (χ0v) is 15.7. The van der Waals surface area contributed by atoms with Gasteiger partial charge in [-0.3, -0.25) is 9.59 Å². The van der Waals surface area contributed by atoms with Crippen LogP contribution < -0.4 is 11.1 Å². The van der Waals surface area contributed by atoms with Crippen molar-refractivity contribution in [2.75, 3.05) is 18.4 Å². The first-order chi connectivity index (χ1) is 12.0. The molecule has 5 nitrogen and oxygen atoms in total. The number of carbonyl (C=O) groups excluding carboxylic acids is 2. The van der Waals surface area contributed by atoms with Gasteiger partial charge in [-0.1, -0.05) is 13.8 Å². The van der Waals surface area contributed by atoms with E-state index in [4.69, 9.17) is 5.73 Å². The molecule has 0 aliphatic carbocycles. The second-order valence-corrected chi connectivity index (χ2v) is 7.07. The van der Waals surface area contributed by atoms with E-state index in [9.17, 15) is 9.59 Å². The SMILES string of the molecule is CCC(CC)(CN)C(=O)Nc1ccc(C(=O)N2CCCCC2C)cc1.